The van der Waals surface area contributed by atoms with E-state index in [9.17, 15) is 8.42 Å². The Hall–Kier alpha value is -1.40. The molecule has 0 bridgehead atoms. The van der Waals surface area contributed by atoms with Crippen LogP contribution in [0.15, 0.2) is 33.6 Å². The van der Waals surface area contributed by atoms with Crippen molar-refractivity contribution in [1.29, 1.82) is 0 Å². The minimum absolute atomic E-state index is 0.238. The summed E-state index contributed by atoms with van der Waals surface area (Å²) in [5.74, 6) is 0. The van der Waals surface area contributed by atoms with Crippen LogP contribution in [-0.4, -0.2) is 13.0 Å². The molecule has 0 saturated carbocycles. The third kappa shape index (κ3) is 4.32. The molecule has 2 rings (SSSR count). The van der Waals surface area contributed by atoms with Gasteiger partial charge in [0.15, 0.2) is 0 Å². The highest BCUT2D eigenvalue weighted by Crippen LogP contribution is 2.17. The van der Waals surface area contributed by atoms with E-state index < -0.39 is 10.0 Å². The minimum Gasteiger partial charge on any atom is -0.323 e. The molecule has 6 heteroatoms. The van der Waals surface area contributed by atoms with Gasteiger partial charge in [0.2, 0.25) is 4.80 Å². The van der Waals surface area contributed by atoms with Gasteiger partial charge in [0.05, 0.1) is 4.90 Å². The van der Waals surface area contributed by atoms with Crippen LogP contribution < -0.4 is 4.80 Å². The van der Waals surface area contributed by atoms with Gasteiger partial charge in [-0.15, -0.1) is 15.7 Å². The fourth-order valence-corrected chi connectivity index (χ4v) is 4.68. The molecule has 2 aromatic rings. The molecule has 0 aliphatic heterocycles. The Morgan fingerprint density at radius 1 is 1.13 bits per heavy atom. The van der Waals surface area contributed by atoms with Gasteiger partial charge in [-0.05, 0) is 38.8 Å². The number of hydrogen-bond acceptors (Lipinski definition) is 3. The molecule has 4 nitrogen and oxygen atoms in total. The van der Waals surface area contributed by atoms with Gasteiger partial charge in [-0.1, -0.05) is 37.5 Å². The second kappa shape index (κ2) is 7.45. The number of hydrogen-bond donors (Lipinski definition) is 0. The highest BCUT2D eigenvalue weighted by Gasteiger charge is 2.14. The minimum atomic E-state index is -3.67. The predicted octanol–water partition coefficient (Wildman–Crippen LogP) is 3.73. The van der Waals surface area contributed by atoms with Crippen LogP contribution in [0.5, 0.6) is 0 Å². The van der Waals surface area contributed by atoms with Gasteiger partial charge < -0.3 is 4.57 Å². The number of aromatic nitrogens is 1. The van der Waals surface area contributed by atoms with Gasteiger partial charge in [0, 0.05) is 17.6 Å². The Kier molecular flexibility index (Phi) is 5.81. The van der Waals surface area contributed by atoms with Crippen molar-refractivity contribution in [2.24, 2.45) is 11.4 Å². The van der Waals surface area contributed by atoms with Crippen molar-refractivity contribution in [2.45, 2.75) is 51.3 Å². The first-order chi connectivity index (χ1) is 10.8. The summed E-state index contributed by atoms with van der Waals surface area (Å²) >= 11 is 1.48. The van der Waals surface area contributed by atoms with E-state index in [-0.39, 0.29) is 4.90 Å². The summed E-state index contributed by atoms with van der Waals surface area (Å²) in [6.07, 6.45) is 4.48. The second-order valence-corrected chi connectivity index (χ2v) is 8.45. The zero-order valence-corrected chi connectivity index (χ0v) is 15.8. The number of sulfonamides is 1. The van der Waals surface area contributed by atoms with E-state index in [0.717, 1.165) is 24.1 Å². The summed E-state index contributed by atoms with van der Waals surface area (Å²) in [4.78, 5) is 2.00. The fourth-order valence-electron chi connectivity index (χ4n) is 2.30. The zero-order valence-electron chi connectivity index (χ0n) is 14.2. The topological polar surface area (TPSA) is 51.4 Å². The molecule has 0 saturated heterocycles. The maximum absolute atomic E-state index is 12.5. The van der Waals surface area contributed by atoms with E-state index in [1.165, 1.54) is 29.1 Å². The molecule has 1 aromatic carbocycles. The second-order valence-electron chi connectivity index (χ2n) is 5.79. The van der Waals surface area contributed by atoms with Crippen molar-refractivity contribution < 1.29 is 8.42 Å². The van der Waals surface area contributed by atoms with E-state index in [2.05, 4.69) is 11.3 Å². The normalized spacial score (nSPS) is 12.8. The molecular formula is C17H24N2O2S2. The van der Waals surface area contributed by atoms with E-state index >= 15 is 0 Å². The van der Waals surface area contributed by atoms with Crippen LogP contribution in [0.1, 0.15) is 42.3 Å². The summed E-state index contributed by atoms with van der Waals surface area (Å²) in [7, 11) is -1.79. The molecule has 0 amide bonds. The SMILES string of the molecule is CCCCCc1s/c(=N/S(=O)(=O)c2ccc(C)cc2)n(C)c1C. The number of benzene rings is 1. The van der Waals surface area contributed by atoms with E-state index in [4.69, 9.17) is 0 Å². The maximum atomic E-state index is 12.5. The molecule has 23 heavy (non-hydrogen) atoms. The highest BCUT2D eigenvalue weighted by molar-refractivity contribution is 7.90. The van der Waals surface area contributed by atoms with Crippen LogP contribution in [0, 0.1) is 13.8 Å². The van der Waals surface area contributed by atoms with Crippen molar-refractivity contribution in [3.63, 3.8) is 0 Å². The number of aryl methyl sites for hydroxylation is 2. The van der Waals surface area contributed by atoms with E-state index in [0.29, 0.717) is 4.80 Å². The molecule has 1 heterocycles. The Balaban J connectivity index is 2.38. The molecule has 0 spiro atoms. The molecular weight excluding hydrogens is 328 g/mol. The van der Waals surface area contributed by atoms with Crippen LogP contribution in [0.3, 0.4) is 0 Å². The van der Waals surface area contributed by atoms with E-state index in [1.807, 2.05) is 25.5 Å². The number of unbranched alkanes of at least 4 members (excludes halogenated alkanes) is 2. The van der Waals surface area contributed by atoms with Crippen LogP contribution in [0.2, 0.25) is 0 Å². The summed E-state index contributed by atoms with van der Waals surface area (Å²) in [5, 5.41) is 0. The lowest BCUT2D eigenvalue weighted by atomic mass is 10.2. The molecule has 0 aliphatic carbocycles. The van der Waals surface area contributed by atoms with Crippen LogP contribution in [-0.2, 0) is 23.5 Å². The molecule has 0 atom stereocenters. The van der Waals surface area contributed by atoms with Crippen LogP contribution in [0.4, 0.5) is 0 Å². The molecule has 1 aromatic heterocycles. The molecule has 0 fully saturated rings. The lowest BCUT2D eigenvalue weighted by molar-refractivity contribution is 0.596. The molecule has 0 unspecified atom stereocenters. The van der Waals surface area contributed by atoms with Gasteiger partial charge in [-0.2, -0.15) is 8.42 Å². The third-order valence-electron chi connectivity index (χ3n) is 3.93. The first-order valence-corrected chi connectivity index (χ1v) is 10.1. The quantitative estimate of drug-likeness (QED) is 0.744. The fraction of sp³-hybridized carbons (Fsp3) is 0.471. The van der Waals surface area contributed by atoms with Crippen LogP contribution in [0.25, 0.3) is 0 Å². The van der Waals surface area contributed by atoms with Crippen molar-refractivity contribution in [2.75, 3.05) is 0 Å². The highest BCUT2D eigenvalue weighted by atomic mass is 32.2. The average molecular weight is 353 g/mol. The standard InChI is InChI=1S/C17H24N2O2S2/c1-5-6-7-8-16-14(3)19(4)17(22-16)18-23(20,21)15-11-9-13(2)10-12-15/h9-12H,5-8H2,1-4H3/b18-17+. The maximum Gasteiger partial charge on any atom is 0.285 e. The van der Waals surface area contributed by atoms with Crippen molar-refractivity contribution in [1.82, 2.24) is 4.57 Å². The van der Waals surface area contributed by atoms with Crippen molar-refractivity contribution >= 4 is 21.4 Å². The summed E-state index contributed by atoms with van der Waals surface area (Å²) < 4.78 is 30.9. The zero-order chi connectivity index (χ0) is 17.0. The van der Waals surface area contributed by atoms with Gasteiger partial charge in [0.25, 0.3) is 10.0 Å². The summed E-state index contributed by atoms with van der Waals surface area (Å²) in [6, 6.07) is 6.80. The third-order valence-corrected chi connectivity index (χ3v) is 6.62. The van der Waals surface area contributed by atoms with Crippen molar-refractivity contribution in [3.05, 3.63) is 45.2 Å². The van der Waals surface area contributed by atoms with Crippen molar-refractivity contribution in [3.8, 4) is 0 Å². The number of nitrogens with zero attached hydrogens (tertiary/aromatic N) is 2. The van der Waals surface area contributed by atoms with Crippen LogP contribution >= 0.6 is 11.3 Å². The van der Waals surface area contributed by atoms with Gasteiger partial charge in [-0.3, -0.25) is 0 Å². The monoisotopic (exact) mass is 352 g/mol. The smallest absolute Gasteiger partial charge is 0.285 e. The molecule has 0 aliphatic rings. The van der Waals surface area contributed by atoms with Gasteiger partial charge >= 0.3 is 0 Å². The Morgan fingerprint density at radius 2 is 1.78 bits per heavy atom. The van der Waals surface area contributed by atoms with E-state index in [1.54, 1.807) is 24.3 Å². The Morgan fingerprint density at radius 3 is 2.39 bits per heavy atom. The molecule has 0 radical (unpaired) electrons. The largest absolute Gasteiger partial charge is 0.323 e. The first-order valence-electron chi connectivity index (χ1n) is 7.88. The van der Waals surface area contributed by atoms with Gasteiger partial charge in [-0.25, -0.2) is 0 Å². The average Bonchev–Trinajstić information content (AvgIpc) is 2.76. The van der Waals surface area contributed by atoms with Gasteiger partial charge in [0.1, 0.15) is 0 Å². The predicted molar refractivity (Wildman–Crippen MR) is 95.2 cm³/mol. The lowest BCUT2D eigenvalue weighted by Gasteiger charge is -2.00. The lowest BCUT2D eigenvalue weighted by Crippen LogP contribution is -2.14. The Labute approximate surface area is 142 Å². The molecule has 126 valence electrons. The first kappa shape index (κ1) is 17.9. The number of rotatable bonds is 6. The summed E-state index contributed by atoms with van der Waals surface area (Å²) in [6.45, 7) is 6.13. The molecule has 0 N–H and O–H groups in total. The Bertz CT molecular complexity index is 828. The summed E-state index contributed by atoms with van der Waals surface area (Å²) in [5.41, 5.74) is 2.13. The number of thiazole rings is 1.